The van der Waals surface area contributed by atoms with Gasteiger partial charge in [-0.25, -0.2) is 14.8 Å². The molecule has 4 aromatic rings. The van der Waals surface area contributed by atoms with E-state index in [0.717, 1.165) is 18.7 Å². The molecule has 1 heterocycles. The van der Waals surface area contributed by atoms with Crippen molar-refractivity contribution in [2.75, 3.05) is 52.1 Å². The van der Waals surface area contributed by atoms with Crippen LogP contribution < -0.4 is 29.6 Å². The van der Waals surface area contributed by atoms with Gasteiger partial charge in [-0.2, -0.15) is 0 Å². The third-order valence-corrected chi connectivity index (χ3v) is 5.95. The molecule has 1 aromatic heterocycles. The lowest BCUT2D eigenvalue weighted by Gasteiger charge is -2.13. The lowest BCUT2D eigenvalue weighted by atomic mass is 10.2. The van der Waals surface area contributed by atoms with Crippen molar-refractivity contribution >= 4 is 39.9 Å². The maximum atomic E-state index is 12.5. The number of urea groups is 1. The molecule has 2 N–H and O–H groups in total. The summed E-state index contributed by atoms with van der Waals surface area (Å²) in [4.78, 5) is 23.2. The summed E-state index contributed by atoms with van der Waals surface area (Å²) in [6, 6.07) is 15.1. The summed E-state index contributed by atoms with van der Waals surface area (Å²) in [6.07, 6.45) is 2.33. The number of carbonyl (C=O) groups is 1. The average molecular weight is 552 g/mol. The quantitative estimate of drug-likeness (QED) is 0.216. The van der Waals surface area contributed by atoms with E-state index in [9.17, 15) is 4.79 Å². The summed E-state index contributed by atoms with van der Waals surface area (Å²) >= 11 is 6.44. The molecule has 4 rings (SSSR count). The fourth-order valence-corrected chi connectivity index (χ4v) is 3.92. The standard InChI is InChI=1S/C28H30ClN5O5/c1-34(2)12-5-13-38-19-8-6-18(7-9-19)32-28(35)33-23-11-10-20(14-22(23)29)39-27-21-15-25(36-3)26(37-4)16-24(21)30-17-31-27/h6-11,14-17H,5,12-13H2,1-4H3,(H2,32,33,35). The second-order valence-corrected chi connectivity index (χ2v) is 9.16. The number of hydrogen-bond donors (Lipinski definition) is 2. The molecule has 0 fully saturated rings. The van der Waals surface area contributed by atoms with E-state index in [0.29, 0.717) is 57.0 Å². The molecule has 0 aliphatic carbocycles. The van der Waals surface area contributed by atoms with Crippen molar-refractivity contribution in [1.29, 1.82) is 0 Å². The van der Waals surface area contributed by atoms with Crippen LogP contribution in [0.3, 0.4) is 0 Å². The molecule has 0 bridgehead atoms. The fraction of sp³-hybridized carbons (Fsp3) is 0.250. The molecule has 0 unspecified atom stereocenters. The zero-order chi connectivity index (χ0) is 27.8. The second kappa shape index (κ2) is 13.0. The summed E-state index contributed by atoms with van der Waals surface area (Å²) in [5, 5.41) is 6.46. The molecule has 0 saturated carbocycles. The number of nitrogens with zero attached hydrogens (tertiary/aromatic N) is 3. The van der Waals surface area contributed by atoms with Crippen molar-refractivity contribution in [2.24, 2.45) is 0 Å². The first-order valence-corrected chi connectivity index (χ1v) is 12.5. The van der Waals surface area contributed by atoms with Gasteiger partial charge in [0.05, 0.1) is 42.4 Å². The molecule has 3 aromatic carbocycles. The summed E-state index contributed by atoms with van der Waals surface area (Å²) in [6.45, 7) is 1.58. The number of aromatic nitrogens is 2. The molecule has 0 radical (unpaired) electrons. The van der Waals surface area contributed by atoms with Gasteiger partial charge in [-0.3, -0.25) is 0 Å². The molecule has 0 spiro atoms. The molecule has 10 nitrogen and oxygen atoms in total. The zero-order valence-electron chi connectivity index (χ0n) is 22.2. The number of anilines is 2. The van der Waals surface area contributed by atoms with E-state index < -0.39 is 6.03 Å². The Morgan fingerprint density at radius 3 is 2.33 bits per heavy atom. The van der Waals surface area contributed by atoms with Crippen LogP contribution >= 0.6 is 11.6 Å². The molecule has 0 aliphatic rings. The van der Waals surface area contributed by atoms with Gasteiger partial charge in [0.25, 0.3) is 0 Å². The van der Waals surface area contributed by atoms with E-state index in [2.05, 4.69) is 25.5 Å². The van der Waals surface area contributed by atoms with Gasteiger partial charge >= 0.3 is 6.03 Å². The zero-order valence-corrected chi connectivity index (χ0v) is 22.9. The van der Waals surface area contributed by atoms with E-state index in [1.165, 1.54) is 6.33 Å². The number of halogens is 1. The number of fused-ring (bicyclic) bond motifs is 1. The van der Waals surface area contributed by atoms with E-state index >= 15 is 0 Å². The van der Waals surface area contributed by atoms with Crippen LogP contribution in [0, 0.1) is 0 Å². The number of methoxy groups -OCH3 is 2. The minimum Gasteiger partial charge on any atom is -0.494 e. The van der Waals surface area contributed by atoms with E-state index in [-0.39, 0.29) is 0 Å². The summed E-state index contributed by atoms with van der Waals surface area (Å²) in [5.41, 5.74) is 1.66. The van der Waals surface area contributed by atoms with Crippen LogP contribution in [0.1, 0.15) is 6.42 Å². The summed E-state index contributed by atoms with van der Waals surface area (Å²) in [7, 11) is 7.16. The number of carbonyl (C=O) groups excluding carboxylic acids is 1. The first-order chi connectivity index (χ1) is 18.9. The Morgan fingerprint density at radius 2 is 1.64 bits per heavy atom. The topological polar surface area (TPSA) is 107 Å². The minimum atomic E-state index is -0.437. The van der Waals surface area contributed by atoms with Gasteiger partial charge in [-0.1, -0.05) is 11.6 Å². The molecule has 0 aliphatic heterocycles. The van der Waals surface area contributed by atoms with Crippen LogP contribution in [-0.4, -0.2) is 62.4 Å². The van der Waals surface area contributed by atoms with Crippen LogP contribution in [-0.2, 0) is 0 Å². The fourth-order valence-electron chi connectivity index (χ4n) is 3.70. The summed E-state index contributed by atoms with van der Waals surface area (Å²) < 4.78 is 22.4. The van der Waals surface area contributed by atoms with Crippen molar-refractivity contribution in [1.82, 2.24) is 14.9 Å². The molecule has 0 saturated heterocycles. The van der Waals surface area contributed by atoms with Gasteiger partial charge in [0.2, 0.25) is 5.88 Å². The van der Waals surface area contributed by atoms with Crippen molar-refractivity contribution < 1.29 is 23.7 Å². The van der Waals surface area contributed by atoms with Crippen LogP contribution in [0.25, 0.3) is 10.9 Å². The van der Waals surface area contributed by atoms with E-state index in [1.807, 2.05) is 26.2 Å². The number of ether oxygens (including phenoxy) is 4. The van der Waals surface area contributed by atoms with Crippen LogP contribution in [0.15, 0.2) is 60.9 Å². The molecule has 39 heavy (non-hydrogen) atoms. The predicted octanol–water partition coefficient (Wildman–Crippen LogP) is 6.07. The third-order valence-electron chi connectivity index (χ3n) is 5.64. The molecular weight excluding hydrogens is 522 g/mol. The van der Waals surface area contributed by atoms with Gasteiger partial charge in [0.15, 0.2) is 11.5 Å². The Kier molecular flexibility index (Phi) is 9.24. The SMILES string of the molecule is COc1cc2ncnc(Oc3ccc(NC(=O)Nc4ccc(OCCCN(C)C)cc4)c(Cl)c3)c2cc1OC. The maximum absolute atomic E-state index is 12.5. The Bertz CT molecular complexity index is 1430. The van der Waals surface area contributed by atoms with Gasteiger partial charge in [-0.15, -0.1) is 0 Å². The Balaban J connectivity index is 1.37. The van der Waals surface area contributed by atoms with Crippen LogP contribution in [0.4, 0.5) is 16.2 Å². The van der Waals surface area contributed by atoms with Crippen molar-refractivity contribution in [3.63, 3.8) is 0 Å². The molecule has 11 heteroatoms. The molecule has 204 valence electrons. The second-order valence-electron chi connectivity index (χ2n) is 8.76. The third kappa shape index (κ3) is 7.40. The first kappa shape index (κ1) is 27.7. The smallest absolute Gasteiger partial charge is 0.323 e. The number of amides is 2. The Labute approximate surface area is 231 Å². The highest BCUT2D eigenvalue weighted by molar-refractivity contribution is 6.34. The van der Waals surface area contributed by atoms with Gasteiger partial charge in [0.1, 0.15) is 17.8 Å². The molecule has 0 atom stereocenters. The van der Waals surface area contributed by atoms with Gasteiger partial charge < -0.3 is 34.5 Å². The lowest BCUT2D eigenvalue weighted by Crippen LogP contribution is -2.19. The minimum absolute atomic E-state index is 0.293. The van der Waals surface area contributed by atoms with Crippen LogP contribution in [0.5, 0.6) is 28.9 Å². The number of hydrogen-bond acceptors (Lipinski definition) is 8. The molecular formula is C28H30ClN5O5. The van der Waals surface area contributed by atoms with Gasteiger partial charge in [-0.05, 0) is 63.0 Å². The first-order valence-electron chi connectivity index (χ1n) is 12.2. The van der Waals surface area contributed by atoms with Crippen molar-refractivity contribution in [2.45, 2.75) is 6.42 Å². The number of benzene rings is 3. The van der Waals surface area contributed by atoms with Crippen molar-refractivity contribution in [3.8, 4) is 28.9 Å². The Morgan fingerprint density at radius 1 is 0.923 bits per heavy atom. The normalized spacial score (nSPS) is 10.8. The number of rotatable bonds is 11. The monoisotopic (exact) mass is 551 g/mol. The van der Waals surface area contributed by atoms with E-state index in [1.54, 1.807) is 56.7 Å². The van der Waals surface area contributed by atoms with Gasteiger partial charge in [0, 0.05) is 24.4 Å². The highest BCUT2D eigenvalue weighted by Crippen LogP contribution is 2.36. The highest BCUT2D eigenvalue weighted by Gasteiger charge is 2.14. The summed E-state index contributed by atoms with van der Waals surface area (Å²) in [5.74, 6) is 2.57. The Hall–Kier alpha value is -4.28. The maximum Gasteiger partial charge on any atom is 0.323 e. The van der Waals surface area contributed by atoms with Crippen LogP contribution in [0.2, 0.25) is 5.02 Å². The number of nitrogens with one attached hydrogen (secondary N) is 2. The average Bonchev–Trinajstić information content (AvgIpc) is 2.92. The lowest BCUT2D eigenvalue weighted by molar-refractivity contribution is 0.262. The van der Waals surface area contributed by atoms with Crippen molar-refractivity contribution in [3.05, 3.63) is 65.9 Å². The largest absolute Gasteiger partial charge is 0.494 e. The van der Waals surface area contributed by atoms with E-state index in [4.69, 9.17) is 30.5 Å². The highest BCUT2D eigenvalue weighted by atomic mass is 35.5. The molecule has 2 amide bonds. The predicted molar refractivity (Wildman–Crippen MR) is 152 cm³/mol.